The minimum Gasteiger partial charge on any atom is -0.505 e. The van der Waals surface area contributed by atoms with Crippen LogP contribution < -0.4 is 5.32 Å². The van der Waals surface area contributed by atoms with Crippen LogP contribution >= 0.6 is 0 Å². The fourth-order valence-corrected chi connectivity index (χ4v) is 5.07. The molecule has 0 saturated heterocycles. The van der Waals surface area contributed by atoms with Crippen LogP contribution in [0.1, 0.15) is 60.5 Å². The number of hydrogen-bond donors (Lipinski definition) is 2. The van der Waals surface area contributed by atoms with Gasteiger partial charge in [-0.05, 0) is 62.1 Å². The number of fused-ring (bicyclic) bond motifs is 3. The zero-order chi connectivity index (χ0) is 25.7. The molecule has 0 spiro atoms. The molecule has 0 unspecified atom stereocenters. The molecule has 2 N–H and O–H groups in total. The molecule has 3 aliphatic carbocycles. The number of hydrogen-bond acceptors (Lipinski definition) is 7. The first kappa shape index (κ1) is 24.1. The zero-order valence-electron chi connectivity index (χ0n) is 18.7. The SMILES string of the molecule is O=C(NC[C@]12CC[C@](c3nc(-c4ccc(C(F)(F)F)nn4)no3)(CC1)CC2)c1cc(F)c(O)cc1F. The molecular weight excluding hydrogens is 489 g/mol. The molecule has 0 aliphatic heterocycles. The summed E-state index contributed by atoms with van der Waals surface area (Å²) in [6.07, 6.45) is -0.383. The second-order valence-electron chi connectivity index (χ2n) is 9.47. The van der Waals surface area contributed by atoms with Crippen LogP contribution in [0.2, 0.25) is 0 Å². The third-order valence-corrected chi connectivity index (χ3v) is 7.37. The Morgan fingerprint density at radius 2 is 1.72 bits per heavy atom. The van der Waals surface area contributed by atoms with E-state index in [0.29, 0.717) is 37.3 Å². The van der Waals surface area contributed by atoms with E-state index in [2.05, 4.69) is 25.7 Å². The van der Waals surface area contributed by atoms with Gasteiger partial charge in [0, 0.05) is 18.0 Å². The van der Waals surface area contributed by atoms with Gasteiger partial charge in [0.25, 0.3) is 5.91 Å². The second-order valence-corrected chi connectivity index (χ2v) is 9.47. The number of phenols is 1. The van der Waals surface area contributed by atoms with Crippen LogP contribution in [0.4, 0.5) is 22.0 Å². The molecule has 1 amide bonds. The molecule has 190 valence electrons. The molecule has 3 aromatic rings. The Morgan fingerprint density at radius 1 is 1.03 bits per heavy atom. The van der Waals surface area contributed by atoms with E-state index in [1.807, 2.05) is 0 Å². The molecule has 3 saturated carbocycles. The Labute approximate surface area is 200 Å². The van der Waals surface area contributed by atoms with Crippen molar-refractivity contribution in [2.45, 2.75) is 50.1 Å². The van der Waals surface area contributed by atoms with Gasteiger partial charge in [0.15, 0.2) is 17.3 Å². The van der Waals surface area contributed by atoms with E-state index in [1.165, 1.54) is 0 Å². The molecule has 0 radical (unpaired) electrons. The lowest BCUT2D eigenvalue weighted by atomic mass is 9.53. The first-order valence-electron chi connectivity index (χ1n) is 11.2. The number of nitrogens with one attached hydrogen (secondary N) is 1. The number of carbonyl (C=O) groups is 1. The maximum absolute atomic E-state index is 14.0. The first-order chi connectivity index (χ1) is 17.0. The third-order valence-electron chi connectivity index (χ3n) is 7.37. The van der Waals surface area contributed by atoms with Crippen molar-refractivity contribution in [3.63, 3.8) is 0 Å². The summed E-state index contributed by atoms with van der Waals surface area (Å²) in [6, 6.07) is 3.17. The highest BCUT2D eigenvalue weighted by Gasteiger charge is 2.52. The molecular formula is C23H20F5N5O3. The lowest BCUT2D eigenvalue weighted by molar-refractivity contribution is -0.141. The van der Waals surface area contributed by atoms with Crippen molar-refractivity contribution in [3.05, 3.63) is 53.0 Å². The number of amides is 1. The highest BCUT2D eigenvalue weighted by molar-refractivity contribution is 5.94. The highest BCUT2D eigenvalue weighted by atomic mass is 19.4. The van der Waals surface area contributed by atoms with Gasteiger partial charge in [-0.3, -0.25) is 4.79 Å². The van der Waals surface area contributed by atoms with Gasteiger partial charge in [-0.25, -0.2) is 8.78 Å². The normalized spacial score (nSPS) is 23.6. The van der Waals surface area contributed by atoms with E-state index in [0.717, 1.165) is 31.4 Å². The Kier molecular flexibility index (Phi) is 5.67. The molecule has 2 bridgehead atoms. The predicted octanol–water partition coefficient (Wildman–Crippen LogP) is 4.55. The molecule has 13 heteroatoms. The summed E-state index contributed by atoms with van der Waals surface area (Å²) >= 11 is 0. The van der Waals surface area contributed by atoms with Crippen molar-refractivity contribution in [2.24, 2.45) is 5.41 Å². The van der Waals surface area contributed by atoms with Gasteiger partial charge in [0.1, 0.15) is 11.5 Å². The molecule has 0 atom stereocenters. The molecule has 8 nitrogen and oxygen atoms in total. The maximum atomic E-state index is 14.0. The number of rotatable bonds is 5. The average Bonchev–Trinajstić information content (AvgIpc) is 3.37. The van der Waals surface area contributed by atoms with Crippen molar-refractivity contribution >= 4 is 5.91 Å². The molecule has 3 aliphatic rings. The summed E-state index contributed by atoms with van der Waals surface area (Å²) in [6.45, 7) is 0.278. The van der Waals surface area contributed by atoms with Gasteiger partial charge in [-0.15, -0.1) is 10.2 Å². The number of benzene rings is 1. The van der Waals surface area contributed by atoms with E-state index in [9.17, 15) is 31.9 Å². The molecule has 36 heavy (non-hydrogen) atoms. The van der Waals surface area contributed by atoms with Crippen LogP contribution in [0.15, 0.2) is 28.8 Å². The summed E-state index contributed by atoms with van der Waals surface area (Å²) in [5, 5.41) is 22.6. The summed E-state index contributed by atoms with van der Waals surface area (Å²) < 4.78 is 71.2. The lowest BCUT2D eigenvalue weighted by Crippen LogP contribution is -2.49. The van der Waals surface area contributed by atoms with Gasteiger partial charge in [0.05, 0.1) is 5.56 Å². The Bertz CT molecular complexity index is 1280. The van der Waals surface area contributed by atoms with Gasteiger partial charge in [0.2, 0.25) is 11.7 Å². The summed E-state index contributed by atoms with van der Waals surface area (Å²) in [7, 11) is 0. The Morgan fingerprint density at radius 3 is 2.33 bits per heavy atom. The van der Waals surface area contributed by atoms with Gasteiger partial charge < -0.3 is 14.9 Å². The maximum Gasteiger partial charge on any atom is 0.435 e. The summed E-state index contributed by atoms with van der Waals surface area (Å²) in [5.74, 6) is -3.28. The smallest absolute Gasteiger partial charge is 0.435 e. The number of nitrogens with zero attached hydrogens (tertiary/aromatic N) is 4. The molecule has 1 aromatic carbocycles. The molecule has 3 fully saturated rings. The van der Waals surface area contributed by atoms with E-state index < -0.39 is 40.7 Å². The van der Waals surface area contributed by atoms with E-state index in [-0.39, 0.29) is 28.9 Å². The zero-order valence-corrected chi connectivity index (χ0v) is 18.7. The number of aromatic nitrogens is 4. The van der Waals surface area contributed by atoms with Crippen molar-refractivity contribution in [1.29, 1.82) is 0 Å². The van der Waals surface area contributed by atoms with Crippen molar-refractivity contribution in [3.8, 4) is 17.3 Å². The standard InChI is InChI=1S/C23H20F5N5O3/c24-13-10-16(34)14(25)9-12(13)19(35)29-11-21-3-6-22(7-4-21,8-5-21)20-30-18(33-36-20)15-1-2-17(32-31-15)23(26,27)28/h1-2,9-10,34H,3-8,11H2,(H,29,35)/t21-,22+. The minimum atomic E-state index is -4.60. The van der Waals surface area contributed by atoms with Crippen LogP contribution in [-0.2, 0) is 11.6 Å². The fourth-order valence-electron chi connectivity index (χ4n) is 5.07. The Balaban J connectivity index is 1.24. The van der Waals surface area contributed by atoms with Crippen LogP contribution in [0.25, 0.3) is 11.5 Å². The van der Waals surface area contributed by atoms with Gasteiger partial charge in [-0.1, -0.05) is 5.16 Å². The largest absolute Gasteiger partial charge is 0.505 e. The minimum absolute atomic E-state index is 0.0541. The lowest BCUT2D eigenvalue weighted by Gasteiger charge is -2.51. The van der Waals surface area contributed by atoms with Crippen molar-refractivity contribution < 1.29 is 36.4 Å². The highest BCUT2D eigenvalue weighted by Crippen LogP contribution is 2.57. The molecule has 2 aromatic heterocycles. The topological polar surface area (TPSA) is 114 Å². The van der Waals surface area contributed by atoms with E-state index in [1.54, 1.807) is 0 Å². The van der Waals surface area contributed by atoms with Gasteiger partial charge in [-0.2, -0.15) is 18.2 Å². The monoisotopic (exact) mass is 509 g/mol. The van der Waals surface area contributed by atoms with Crippen LogP contribution in [0.5, 0.6) is 5.75 Å². The average molecular weight is 509 g/mol. The van der Waals surface area contributed by atoms with Crippen LogP contribution in [0, 0.1) is 17.0 Å². The summed E-state index contributed by atoms with van der Waals surface area (Å²) in [5.41, 5.74) is -2.13. The quantitative estimate of drug-likeness (QED) is 0.485. The Hall–Kier alpha value is -3.64. The third kappa shape index (κ3) is 4.26. The predicted molar refractivity (Wildman–Crippen MR) is 112 cm³/mol. The number of phenolic OH excluding ortho intramolecular Hbond substituents is 1. The number of alkyl halides is 3. The molecule has 2 heterocycles. The number of aromatic hydroxyl groups is 1. The second kappa shape index (κ2) is 8.49. The summed E-state index contributed by atoms with van der Waals surface area (Å²) in [4.78, 5) is 16.8. The fraction of sp³-hybridized carbons (Fsp3) is 0.435. The van der Waals surface area contributed by atoms with Crippen molar-refractivity contribution in [2.75, 3.05) is 6.54 Å². The van der Waals surface area contributed by atoms with E-state index in [4.69, 9.17) is 4.52 Å². The molecule has 6 rings (SSSR count). The van der Waals surface area contributed by atoms with Crippen LogP contribution in [-0.4, -0.2) is 37.9 Å². The number of carbonyl (C=O) groups excluding carboxylic acids is 1. The van der Waals surface area contributed by atoms with Crippen molar-refractivity contribution in [1.82, 2.24) is 25.7 Å². The van der Waals surface area contributed by atoms with E-state index >= 15 is 0 Å². The van der Waals surface area contributed by atoms with Crippen LogP contribution in [0.3, 0.4) is 0 Å². The van der Waals surface area contributed by atoms with Gasteiger partial charge >= 0.3 is 6.18 Å². The first-order valence-corrected chi connectivity index (χ1v) is 11.2. The number of halogens is 5.